The van der Waals surface area contributed by atoms with Crippen molar-refractivity contribution in [2.45, 2.75) is 13.8 Å². The molecule has 0 bridgehead atoms. The Balaban J connectivity index is 2.02. The van der Waals surface area contributed by atoms with Gasteiger partial charge in [0.25, 0.3) is 0 Å². The summed E-state index contributed by atoms with van der Waals surface area (Å²) in [5.41, 5.74) is 14.2. The van der Waals surface area contributed by atoms with E-state index in [0.29, 0.717) is 5.82 Å². The van der Waals surface area contributed by atoms with Crippen LogP contribution in [0.2, 0.25) is 0 Å². The van der Waals surface area contributed by atoms with Gasteiger partial charge in [0, 0.05) is 31.5 Å². The van der Waals surface area contributed by atoms with Crippen LogP contribution in [0.3, 0.4) is 0 Å². The molecule has 24 heavy (non-hydrogen) atoms. The summed E-state index contributed by atoms with van der Waals surface area (Å²) in [4.78, 5) is 6.32. The van der Waals surface area contributed by atoms with Crippen molar-refractivity contribution in [1.29, 1.82) is 0 Å². The maximum atomic E-state index is 5.69. The first kappa shape index (κ1) is 16.1. The van der Waals surface area contributed by atoms with Crippen molar-refractivity contribution in [3.05, 3.63) is 65.9 Å². The molecule has 0 spiro atoms. The number of benzene rings is 2. The van der Waals surface area contributed by atoms with E-state index in [1.165, 1.54) is 33.5 Å². The lowest BCUT2D eigenvalue weighted by atomic mass is 9.92. The van der Waals surface area contributed by atoms with Crippen LogP contribution in [0.15, 0.2) is 54.7 Å². The van der Waals surface area contributed by atoms with Crippen molar-refractivity contribution in [2.75, 3.05) is 24.7 Å². The SMILES string of the molecule is Cc1cc(-c2ccc(N)nc2)c(C)cc1-c1ccc(N(C)C)cc1. The molecule has 2 N–H and O–H groups in total. The van der Waals surface area contributed by atoms with Gasteiger partial charge in [0.05, 0.1) is 0 Å². The number of nitrogen functional groups attached to an aromatic ring is 1. The highest BCUT2D eigenvalue weighted by atomic mass is 15.1. The Hall–Kier alpha value is -2.81. The summed E-state index contributed by atoms with van der Waals surface area (Å²) in [5.74, 6) is 0.547. The minimum Gasteiger partial charge on any atom is -0.384 e. The average molecular weight is 317 g/mol. The third-order valence-corrected chi connectivity index (χ3v) is 4.36. The van der Waals surface area contributed by atoms with Gasteiger partial charge in [-0.15, -0.1) is 0 Å². The van der Waals surface area contributed by atoms with E-state index >= 15 is 0 Å². The summed E-state index contributed by atoms with van der Waals surface area (Å²) in [7, 11) is 4.11. The molecule has 0 fully saturated rings. The van der Waals surface area contributed by atoms with Gasteiger partial charge >= 0.3 is 0 Å². The molecule has 0 radical (unpaired) electrons. The highest BCUT2D eigenvalue weighted by Gasteiger charge is 2.09. The second-order valence-electron chi connectivity index (χ2n) is 6.40. The molecular formula is C21H23N3. The number of hydrogen-bond acceptors (Lipinski definition) is 3. The van der Waals surface area contributed by atoms with Crippen LogP contribution < -0.4 is 10.6 Å². The van der Waals surface area contributed by atoms with Crippen LogP contribution >= 0.6 is 0 Å². The zero-order chi connectivity index (χ0) is 17.3. The first-order valence-electron chi connectivity index (χ1n) is 8.06. The standard InChI is InChI=1S/C21H23N3/c1-14-12-20(17-7-10-21(22)23-13-17)15(2)11-19(14)16-5-8-18(9-6-16)24(3)4/h5-13H,1-4H3,(H2,22,23). The first-order chi connectivity index (χ1) is 11.5. The monoisotopic (exact) mass is 317 g/mol. The van der Waals surface area contributed by atoms with Crippen molar-refractivity contribution in [3.8, 4) is 22.3 Å². The third kappa shape index (κ3) is 3.11. The molecule has 0 saturated heterocycles. The molecule has 3 aromatic rings. The second kappa shape index (κ2) is 6.36. The summed E-state index contributed by atoms with van der Waals surface area (Å²) in [6, 6.07) is 17.0. The van der Waals surface area contributed by atoms with Crippen LogP contribution in [0.4, 0.5) is 11.5 Å². The number of pyridine rings is 1. The number of hydrogen-bond donors (Lipinski definition) is 1. The fourth-order valence-corrected chi connectivity index (χ4v) is 2.94. The van der Waals surface area contributed by atoms with Crippen LogP contribution in [0.1, 0.15) is 11.1 Å². The van der Waals surface area contributed by atoms with Gasteiger partial charge in [0.15, 0.2) is 0 Å². The van der Waals surface area contributed by atoms with E-state index < -0.39 is 0 Å². The first-order valence-corrected chi connectivity index (χ1v) is 8.06. The molecule has 1 aromatic heterocycles. The molecule has 0 amide bonds. The van der Waals surface area contributed by atoms with Crippen LogP contribution in [0.5, 0.6) is 0 Å². The number of anilines is 2. The van der Waals surface area contributed by atoms with E-state index in [0.717, 1.165) is 5.56 Å². The van der Waals surface area contributed by atoms with Crippen LogP contribution in [-0.4, -0.2) is 19.1 Å². The van der Waals surface area contributed by atoms with Gasteiger partial charge in [-0.2, -0.15) is 0 Å². The predicted molar refractivity (Wildman–Crippen MR) is 103 cm³/mol. The summed E-state index contributed by atoms with van der Waals surface area (Å²) in [5, 5.41) is 0. The smallest absolute Gasteiger partial charge is 0.123 e. The fourth-order valence-electron chi connectivity index (χ4n) is 2.94. The van der Waals surface area contributed by atoms with Crippen LogP contribution in [-0.2, 0) is 0 Å². The minimum absolute atomic E-state index is 0.547. The number of aryl methyl sites for hydroxylation is 2. The molecule has 0 aliphatic heterocycles. The Kier molecular flexibility index (Phi) is 4.26. The molecule has 3 heteroatoms. The van der Waals surface area contributed by atoms with Crippen molar-refractivity contribution < 1.29 is 0 Å². The molecule has 122 valence electrons. The van der Waals surface area contributed by atoms with Gasteiger partial charge in [-0.3, -0.25) is 0 Å². The Morgan fingerprint density at radius 2 is 1.33 bits per heavy atom. The lowest BCUT2D eigenvalue weighted by Crippen LogP contribution is -2.07. The maximum absolute atomic E-state index is 5.69. The van der Waals surface area contributed by atoms with Gasteiger partial charge in [0.2, 0.25) is 0 Å². The largest absolute Gasteiger partial charge is 0.384 e. The summed E-state index contributed by atoms with van der Waals surface area (Å²) >= 11 is 0. The quantitative estimate of drug-likeness (QED) is 0.762. The number of nitrogens with zero attached hydrogens (tertiary/aromatic N) is 2. The molecule has 3 rings (SSSR count). The highest BCUT2D eigenvalue weighted by molar-refractivity contribution is 5.77. The zero-order valence-electron chi connectivity index (χ0n) is 14.7. The Labute approximate surface area is 143 Å². The average Bonchev–Trinajstić information content (AvgIpc) is 2.57. The van der Waals surface area contributed by atoms with E-state index in [1.807, 2.05) is 18.3 Å². The maximum Gasteiger partial charge on any atom is 0.123 e. The molecule has 2 aromatic carbocycles. The fraction of sp³-hybridized carbons (Fsp3) is 0.190. The lowest BCUT2D eigenvalue weighted by molar-refractivity contribution is 1.13. The topological polar surface area (TPSA) is 42.1 Å². The van der Waals surface area contributed by atoms with E-state index in [1.54, 1.807) is 0 Å². The molecule has 0 aliphatic carbocycles. The molecule has 0 atom stereocenters. The van der Waals surface area contributed by atoms with Crippen LogP contribution in [0, 0.1) is 13.8 Å². The Morgan fingerprint density at radius 3 is 1.83 bits per heavy atom. The van der Waals surface area contributed by atoms with Crippen molar-refractivity contribution >= 4 is 11.5 Å². The molecule has 0 unspecified atom stereocenters. The lowest BCUT2D eigenvalue weighted by Gasteiger charge is -2.15. The van der Waals surface area contributed by atoms with Gasteiger partial charge in [0.1, 0.15) is 5.82 Å². The van der Waals surface area contributed by atoms with E-state index in [4.69, 9.17) is 5.73 Å². The van der Waals surface area contributed by atoms with Crippen molar-refractivity contribution in [2.24, 2.45) is 0 Å². The Bertz CT molecular complexity index is 848. The van der Waals surface area contributed by atoms with E-state index in [2.05, 4.69) is 74.2 Å². The Morgan fingerprint density at radius 1 is 0.792 bits per heavy atom. The number of aromatic nitrogens is 1. The number of rotatable bonds is 3. The zero-order valence-corrected chi connectivity index (χ0v) is 14.7. The summed E-state index contributed by atoms with van der Waals surface area (Å²) in [6.45, 7) is 4.30. The van der Waals surface area contributed by atoms with Gasteiger partial charge in [-0.05, 0) is 65.9 Å². The summed E-state index contributed by atoms with van der Waals surface area (Å²) < 4.78 is 0. The molecule has 0 saturated carbocycles. The van der Waals surface area contributed by atoms with E-state index in [9.17, 15) is 0 Å². The minimum atomic E-state index is 0.547. The molecular weight excluding hydrogens is 294 g/mol. The summed E-state index contributed by atoms with van der Waals surface area (Å²) in [6.07, 6.45) is 1.84. The normalized spacial score (nSPS) is 10.7. The van der Waals surface area contributed by atoms with Gasteiger partial charge in [-0.1, -0.05) is 24.3 Å². The number of nitrogens with two attached hydrogens (primary N) is 1. The van der Waals surface area contributed by atoms with Gasteiger partial charge in [-0.25, -0.2) is 4.98 Å². The molecule has 1 heterocycles. The van der Waals surface area contributed by atoms with Crippen molar-refractivity contribution in [1.82, 2.24) is 4.98 Å². The molecule has 0 aliphatic rings. The van der Waals surface area contributed by atoms with Gasteiger partial charge < -0.3 is 10.6 Å². The van der Waals surface area contributed by atoms with Crippen molar-refractivity contribution in [3.63, 3.8) is 0 Å². The third-order valence-electron chi connectivity index (χ3n) is 4.36. The highest BCUT2D eigenvalue weighted by Crippen LogP contribution is 2.32. The van der Waals surface area contributed by atoms with E-state index in [-0.39, 0.29) is 0 Å². The predicted octanol–water partition coefficient (Wildman–Crippen LogP) is 4.68. The second-order valence-corrected chi connectivity index (χ2v) is 6.40. The van der Waals surface area contributed by atoms with Crippen LogP contribution in [0.25, 0.3) is 22.3 Å². The molecule has 3 nitrogen and oxygen atoms in total.